The van der Waals surface area contributed by atoms with Gasteiger partial charge in [0.1, 0.15) is 0 Å². The topological polar surface area (TPSA) is 76.7 Å². The van der Waals surface area contributed by atoms with Crippen LogP contribution in [0.4, 0.5) is 0 Å². The molecule has 7 heteroatoms. The molecule has 0 aromatic heterocycles. The molecule has 4 rings (SSSR count). The van der Waals surface area contributed by atoms with Gasteiger partial charge in [0, 0.05) is 32.1 Å². The summed E-state index contributed by atoms with van der Waals surface area (Å²) in [6, 6.07) is 10.8. The van der Waals surface area contributed by atoms with Crippen molar-refractivity contribution in [3.63, 3.8) is 0 Å². The number of rotatable bonds is 4. The smallest absolute Gasteiger partial charge is 0.241 e. The van der Waals surface area contributed by atoms with Gasteiger partial charge in [0.25, 0.3) is 0 Å². The largest absolute Gasteiger partial charge is 0.490 e. The van der Waals surface area contributed by atoms with Crippen molar-refractivity contribution in [2.45, 2.75) is 31.0 Å². The molecule has 6 nitrogen and oxygen atoms in total. The summed E-state index contributed by atoms with van der Waals surface area (Å²) in [7, 11) is -3.62. The van der Waals surface area contributed by atoms with E-state index in [1.807, 2.05) is 18.2 Å². The summed E-state index contributed by atoms with van der Waals surface area (Å²) in [5.74, 6) is 1.06. The second-order valence-corrected chi connectivity index (χ2v) is 7.96. The van der Waals surface area contributed by atoms with Crippen molar-refractivity contribution in [2.24, 2.45) is 0 Å². The fourth-order valence-electron chi connectivity index (χ4n) is 3.03. The molecular formula is C18H20N2O4S. The summed E-state index contributed by atoms with van der Waals surface area (Å²) in [5.41, 5.74) is 3.45. The lowest BCUT2D eigenvalue weighted by molar-refractivity contribution is 0.297. The summed E-state index contributed by atoms with van der Waals surface area (Å²) < 4.78 is 39.0. The van der Waals surface area contributed by atoms with Crippen molar-refractivity contribution >= 4 is 10.0 Å². The minimum Gasteiger partial charge on any atom is -0.490 e. The maximum atomic E-state index is 12.6. The zero-order chi connectivity index (χ0) is 17.3. The Hall–Kier alpha value is -2.09. The first-order valence-electron chi connectivity index (χ1n) is 8.32. The van der Waals surface area contributed by atoms with Gasteiger partial charge < -0.3 is 14.8 Å². The maximum Gasteiger partial charge on any atom is 0.241 e. The van der Waals surface area contributed by atoms with E-state index in [4.69, 9.17) is 9.47 Å². The monoisotopic (exact) mass is 360 g/mol. The first-order valence-corrected chi connectivity index (χ1v) is 9.81. The number of fused-ring (bicyclic) bond motifs is 2. The van der Waals surface area contributed by atoms with Crippen molar-refractivity contribution in [1.29, 1.82) is 0 Å². The lowest BCUT2D eigenvalue weighted by Gasteiger charge is -2.11. The van der Waals surface area contributed by atoms with Gasteiger partial charge in [-0.3, -0.25) is 0 Å². The van der Waals surface area contributed by atoms with E-state index in [1.165, 1.54) is 17.2 Å². The third kappa shape index (κ3) is 3.49. The van der Waals surface area contributed by atoms with Crippen LogP contribution in [0.15, 0.2) is 41.3 Å². The summed E-state index contributed by atoms with van der Waals surface area (Å²) in [4.78, 5) is 0.180. The molecule has 0 unspecified atom stereocenters. The van der Waals surface area contributed by atoms with Crippen molar-refractivity contribution in [3.05, 3.63) is 53.1 Å². The molecule has 2 aliphatic rings. The summed E-state index contributed by atoms with van der Waals surface area (Å²) >= 11 is 0. The third-order valence-corrected chi connectivity index (χ3v) is 5.80. The number of sulfonamides is 1. The fraction of sp³-hybridized carbons (Fsp3) is 0.333. The first kappa shape index (κ1) is 16.4. The van der Waals surface area contributed by atoms with E-state index in [0.29, 0.717) is 24.7 Å². The lowest BCUT2D eigenvalue weighted by atomic mass is 10.1. The molecule has 132 valence electrons. The van der Waals surface area contributed by atoms with Crippen molar-refractivity contribution in [2.75, 3.05) is 13.2 Å². The zero-order valence-corrected chi connectivity index (χ0v) is 14.6. The predicted octanol–water partition coefficient (Wildman–Crippen LogP) is 1.93. The molecule has 0 spiro atoms. The van der Waals surface area contributed by atoms with Crippen LogP contribution in [0.3, 0.4) is 0 Å². The van der Waals surface area contributed by atoms with Crippen LogP contribution >= 0.6 is 0 Å². The molecular weight excluding hydrogens is 340 g/mol. The first-order chi connectivity index (χ1) is 12.1. The van der Waals surface area contributed by atoms with Gasteiger partial charge in [0.15, 0.2) is 11.5 Å². The fourth-order valence-corrected chi connectivity index (χ4v) is 4.06. The van der Waals surface area contributed by atoms with E-state index in [9.17, 15) is 8.42 Å². The molecule has 2 aromatic rings. The second-order valence-electron chi connectivity index (χ2n) is 6.19. The molecule has 2 aliphatic heterocycles. The molecule has 2 N–H and O–H groups in total. The van der Waals surface area contributed by atoms with Crippen LogP contribution < -0.4 is 19.5 Å². The predicted molar refractivity (Wildman–Crippen MR) is 93.1 cm³/mol. The average molecular weight is 360 g/mol. The van der Waals surface area contributed by atoms with Crippen LogP contribution in [0.2, 0.25) is 0 Å². The highest BCUT2D eigenvalue weighted by atomic mass is 32.2. The minimum absolute atomic E-state index is 0.180. The molecule has 0 atom stereocenters. The highest BCUT2D eigenvalue weighted by Crippen LogP contribution is 2.31. The second kappa shape index (κ2) is 6.67. The van der Waals surface area contributed by atoms with Crippen LogP contribution in [0, 0.1) is 0 Å². The van der Waals surface area contributed by atoms with Crippen molar-refractivity contribution in [1.82, 2.24) is 10.0 Å². The molecule has 2 aromatic carbocycles. The van der Waals surface area contributed by atoms with Gasteiger partial charge in [-0.15, -0.1) is 0 Å². The number of benzene rings is 2. The minimum atomic E-state index is -3.62. The quantitative estimate of drug-likeness (QED) is 0.871. The molecule has 0 fully saturated rings. The summed E-state index contributed by atoms with van der Waals surface area (Å²) in [6.07, 6.45) is 0.780. The van der Waals surface area contributed by atoms with E-state index in [0.717, 1.165) is 25.1 Å². The van der Waals surface area contributed by atoms with Gasteiger partial charge in [-0.05, 0) is 28.8 Å². The Labute approximate surface area is 147 Å². The molecule has 2 heterocycles. The van der Waals surface area contributed by atoms with E-state index in [2.05, 4.69) is 10.0 Å². The molecule has 0 radical (unpaired) electrons. The van der Waals surface area contributed by atoms with Crippen LogP contribution in [0.1, 0.15) is 23.1 Å². The molecule has 0 bridgehead atoms. The van der Waals surface area contributed by atoms with E-state index >= 15 is 0 Å². The van der Waals surface area contributed by atoms with Crippen LogP contribution in [0.5, 0.6) is 11.5 Å². The van der Waals surface area contributed by atoms with Crippen molar-refractivity contribution < 1.29 is 17.9 Å². The molecule has 0 amide bonds. The molecule has 0 saturated heterocycles. The van der Waals surface area contributed by atoms with Gasteiger partial charge >= 0.3 is 0 Å². The molecule has 0 aliphatic carbocycles. The number of hydrogen-bond donors (Lipinski definition) is 2. The maximum absolute atomic E-state index is 12.6. The number of ether oxygens (including phenoxy) is 2. The SMILES string of the molecule is O=S(=O)(NCc1ccc2c(c1)CNC2)c1ccc2c(c1)OCCCO2. The zero-order valence-electron chi connectivity index (χ0n) is 13.7. The average Bonchev–Trinajstić information content (AvgIpc) is 2.95. The van der Waals surface area contributed by atoms with E-state index in [-0.39, 0.29) is 11.4 Å². The van der Waals surface area contributed by atoms with E-state index < -0.39 is 10.0 Å². The number of hydrogen-bond acceptors (Lipinski definition) is 5. The summed E-state index contributed by atoms with van der Waals surface area (Å²) in [5, 5.41) is 3.28. The molecule has 25 heavy (non-hydrogen) atoms. The Kier molecular flexibility index (Phi) is 4.37. The Morgan fingerprint density at radius 3 is 2.64 bits per heavy atom. The van der Waals surface area contributed by atoms with Gasteiger partial charge in [0.2, 0.25) is 10.0 Å². The van der Waals surface area contributed by atoms with Crippen LogP contribution in [0.25, 0.3) is 0 Å². The van der Waals surface area contributed by atoms with Crippen LogP contribution in [-0.2, 0) is 29.7 Å². The standard InChI is InChI=1S/C18H20N2O4S/c21-25(22,16-4-5-17-18(9-16)24-7-1-6-23-17)20-10-13-2-3-14-11-19-12-15(14)8-13/h2-5,8-9,19-20H,1,6-7,10-12H2. The van der Waals surface area contributed by atoms with Gasteiger partial charge in [-0.2, -0.15) is 0 Å². The summed E-state index contributed by atoms with van der Waals surface area (Å²) in [6.45, 7) is 3.05. The Bertz CT molecular complexity index is 896. The Balaban J connectivity index is 1.51. The van der Waals surface area contributed by atoms with Gasteiger partial charge in [-0.25, -0.2) is 13.1 Å². The highest BCUT2D eigenvalue weighted by molar-refractivity contribution is 7.89. The number of nitrogens with one attached hydrogen (secondary N) is 2. The normalized spacial score (nSPS) is 16.3. The Morgan fingerprint density at radius 2 is 1.76 bits per heavy atom. The van der Waals surface area contributed by atoms with Gasteiger partial charge in [-0.1, -0.05) is 18.2 Å². The van der Waals surface area contributed by atoms with Crippen molar-refractivity contribution in [3.8, 4) is 11.5 Å². The molecule has 0 saturated carbocycles. The van der Waals surface area contributed by atoms with Crippen LogP contribution in [-0.4, -0.2) is 21.6 Å². The third-order valence-electron chi connectivity index (χ3n) is 4.40. The van der Waals surface area contributed by atoms with Gasteiger partial charge in [0.05, 0.1) is 18.1 Å². The Morgan fingerprint density at radius 1 is 0.960 bits per heavy atom. The van der Waals surface area contributed by atoms with E-state index in [1.54, 1.807) is 12.1 Å². The highest BCUT2D eigenvalue weighted by Gasteiger charge is 2.19. The lowest BCUT2D eigenvalue weighted by Crippen LogP contribution is -2.23.